The minimum atomic E-state index is -3.29. The highest BCUT2D eigenvalue weighted by atomic mass is 32.2. The Morgan fingerprint density at radius 1 is 0.778 bits per heavy atom. The van der Waals surface area contributed by atoms with Gasteiger partial charge >= 0.3 is 0 Å². The van der Waals surface area contributed by atoms with Gasteiger partial charge in [-0.25, -0.2) is 8.42 Å². The molecule has 3 aromatic carbocycles. The van der Waals surface area contributed by atoms with Crippen molar-refractivity contribution in [3.63, 3.8) is 0 Å². The number of hydrogen-bond acceptors (Lipinski definition) is 3. The number of aliphatic imine (C=N–C) groups is 1. The Balaban J connectivity index is 1.81. The maximum absolute atomic E-state index is 12.5. The van der Waals surface area contributed by atoms with Gasteiger partial charge in [0.1, 0.15) is 0 Å². The molecule has 0 amide bonds. The SMILES string of the molecule is C[C@H](CCS(=O)(=O)c1ccccc1)N=C(c1ccccc1)c1ccccc1. The molecular weight excluding hydrogens is 354 g/mol. The van der Waals surface area contributed by atoms with Crippen LogP contribution >= 0.6 is 0 Å². The van der Waals surface area contributed by atoms with E-state index >= 15 is 0 Å². The molecule has 3 nitrogen and oxygen atoms in total. The fourth-order valence-corrected chi connectivity index (χ4v) is 4.32. The van der Waals surface area contributed by atoms with Gasteiger partial charge in [-0.3, -0.25) is 4.99 Å². The van der Waals surface area contributed by atoms with E-state index in [2.05, 4.69) is 0 Å². The molecule has 0 aliphatic carbocycles. The lowest BCUT2D eigenvalue weighted by molar-refractivity contribution is 0.588. The Bertz CT molecular complexity index is 941. The highest BCUT2D eigenvalue weighted by Gasteiger charge is 2.16. The van der Waals surface area contributed by atoms with Gasteiger partial charge in [0.05, 0.1) is 16.4 Å². The van der Waals surface area contributed by atoms with E-state index in [4.69, 9.17) is 4.99 Å². The lowest BCUT2D eigenvalue weighted by Crippen LogP contribution is -2.14. The van der Waals surface area contributed by atoms with Crippen LogP contribution in [0.2, 0.25) is 0 Å². The number of sulfone groups is 1. The Labute approximate surface area is 161 Å². The van der Waals surface area contributed by atoms with Crippen molar-refractivity contribution in [1.82, 2.24) is 0 Å². The quantitative estimate of drug-likeness (QED) is 0.557. The van der Waals surface area contributed by atoms with Gasteiger partial charge in [-0.2, -0.15) is 0 Å². The maximum Gasteiger partial charge on any atom is 0.178 e. The smallest absolute Gasteiger partial charge is 0.178 e. The third-order valence-corrected chi connectivity index (χ3v) is 6.11. The summed E-state index contributed by atoms with van der Waals surface area (Å²) in [5.41, 5.74) is 2.95. The molecule has 0 heterocycles. The van der Waals surface area contributed by atoms with Crippen molar-refractivity contribution in [3.05, 3.63) is 102 Å². The molecule has 4 heteroatoms. The van der Waals surface area contributed by atoms with Crippen molar-refractivity contribution < 1.29 is 8.42 Å². The summed E-state index contributed by atoms with van der Waals surface area (Å²) in [5, 5.41) is 0. The third kappa shape index (κ3) is 5.14. The average molecular weight is 378 g/mol. The molecule has 0 saturated carbocycles. The molecule has 0 aliphatic rings. The molecule has 3 aromatic rings. The van der Waals surface area contributed by atoms with E-state index < -0.39 is 9.84 Å². The van der Waals surface area contributed by atoms with Crippen molar-refractivity contribution >= 4 is 15.5 Å². The van der Waals surface area contributed by atoms with Crippen LogP contribution < -0.4 is 0 Å². The highest BCUT2D eigenvalue weighted by molar-refractivity contribution is 7.91. The van der Waals surface area contributed by atoms with Crippen LogP contribution in [0.4, 0.5) is 0 Å². The predicted molar refractivity (Wildman–Crippen MR) is 111 cm³/mol. The molecule has 138 valence electrons. The minimum Gasteiger partial charge on any atom is -0.281 e. The van der Waals surface area contributed by atoms with E-state index in [0.717, 1.165) is 16.8 Å². The summed E-state index contributed by atoms with van der Waals surface area (Å²) >= 11 is 0. The molecule has 1 atom stereocenters. The molecule has 0 N–H and O–H groups in total. The molecule has 3 rings (SSSR count). The zero-order valence-electron chi connectivity index (χ0n) is 15.3. The molecule has 0 bridgehead atoms. The normalized spacial score (nSPS) is 12.3. The molecule has 0 aromatic heterocycles. The van der Waals surface area contributed by atoms with Crippen molar-refractivity contribution in [2.75, 3.05) is 5.75 Å². The second kappa shape index (κ2) is 8.78. The van der Waals surface area contributed by atoms with Gasteiger partial charge in [0.25, 0.3) is 0 Å². The second-order valence-electron chi connectivity index (χ2n) is 6.48. The van der Waals surface area contributed by atoms with Crippen LogP contribution in [0.5, 0.6) is 0 Å². The zero-order chi connectivity index (χ0) is 19.1. The van der Waals surface area contributed by atoms with Crippen molar-refractivity contribution in [1.29, 1.82) is 0 Å². The summed E-state index contributed by atoms with van der Waals surface area (Å²) in [6, 6.07) is 28.5. The molecule has 0 radical (unpaired) electrons. The molecule has 0 fully saturated rings. The predicted octanol–water partition coefficient (Wildman–Crippen LogP) is 4.78. The van der Waals surface area contributed by atoms with Crippen LogP contribution in [0.15, 0.2) is 101 Å². The van der Waals surface area contributed by atoms with Crippen molar-refractivity contribution in [2.45, 2.75) is 24.3 Å². The van der Waals surface area contributed by atoms with Gasteiger partial charge in [0.15, 0.2) is 9.84 Å². The first-order chi connectivity index (χ1) is 13.1. The largest absolute Gasteiger partial charge is 0.281 e. The van der Waals surface area contributed by atoms with Gasteiger partial charge in [-0.1, -0.05) is 78.9 Å². The Morgan fingerprint density at radius 3 is 1.70 bits per heavy atom. The Morgan fingerprint density at radius 2 is 1.22 bits per heavy atom. The molecule has 0 aliphatic heterocycles. The summed E-state index contributed by atoms with van der Waals surface area (Å²) in [7, 11) is -3.29. The maximum atomic E-state index is 12.5. The van der Waals surface area contributed by atoms with Crippen LogP contribution in [0.1, 0.15) is 24.5 Å². The van der Waals surface area contributed by atoms with Crippen molar-refractivity contribution in [2.24, 2.45) is 4.99 Å². The molecule has 0 spiro atoms. The lowest BCUT2D eigenvalue weighted by Gasteiger charge is -2.13. The van der Waals surface area contributed by atoms with Gasteiger partial charge < -0.3 is 0 Å². The second-order valence-corrected chi connectivity index (χ2v) is 8.59. The van der Waals surface area contributed by atoms with Crippen molar-refractivity contribution in [3.8, 4) is 0 Å². The van der Waals surface area contributed by atoms with Crippen LogP contribution in [0.3, 0.4) is 0 Å². The Kier molecular flexibility index (Phi) is 6.20. The van der Waals surface area contributed by atoms with E-state index in [9.17, 15) is 8.42 Å². The van der Waals surface area contributed by atoms with E-state index in [1.807, 2.05) is 73.7 Å². The number of nitrogens with zero attached hydrogens (tertiary/aromatic N) is 1. The summed E-state index contributed by atoms with van der Waals surface area (Å²) in [6.45, 7) is 1.96. The number of benzene rings is 3. The lowest BCUT2D eigenvalue weighted by atomic mass is 10.0. The summed E-state index contributed by atoms with van der Waals surface area (Å²) in [5.74, 6) is 0.0819. The topological polar surface area (TPSA) is 46.5 Å². The van der Waals surface area contributed by atoms with Crippen LogP contribution in [0, 0.1) is 0 Å². The average Bonchev–Trinajstić information content (AvgIpc) is 2.72. The number of hydrogen-bond donors (Lipinski definition) is 0. The van der Waals surface area contributed by atoms with E-state index in [0.29, 0.717) is 11.3 Å². The fraction of sp³-hybridized carbons (Fsp3) is 0.174. The zero-order valence-corrected chi connectivity index (χ0v) is 16.1. The molecule has 0 saturated heterocycles. The van der Waals surface area contributed by atoms with Crippen LogP contribution in [0.25, 0.3) is 0 Å². The first kappa shape index (κ1) is 19.1. The van der Waals surface area contributed by atoms with E-state index in [1.165, 1.54) is 0 Å². The third-order valence-electron chi connectivity index (χ3n) is 4.35. The minimum absolute atomic E-state index is 0.0819. The summed E-state index contributed by atoms with van der Waals surface area (Å²) < 4.78 is 25.0. The molecule has 27 heavy (non-hydrogen) atoms. The first-order valence-electron chi connectivity index (χ1n) is 9.03. The standard InChI is InChI=1S/C23H23NO2S/c1-19(17-18-27(25,26)22-15-9-4-10-16-22)24-23(20-11-5-2-6-12-20)21-13-7-3-8-14-21/h2-16,19H,17-18H2,1H3/t19-/m1/s1. The first-order valence-corrected chi connectivity index (χ1v) is 10.7. The van der Waals surface area contributed by atoms with Gasteiger partial charge in [-0.05, 0) is 25.5 Å². The van der Waals surface area contributed by atoms with Gasteiger partial charge in [0, 0.05) is 17.2 Å². The summed E-state index contributed by atoms with van der Waals surface area (Å²) in [6.07, 6.45) is 0.473. The Hall–Kier alpha value is -2.72. The monoisotopic (exact) mass is 377 g/mol. The fourth-order valence-electron chi connectivity index (χ4n) is 2.86. The summed E-state index contributed by atoms with van der Waals surface area (Å²) in [4.78, 5) is 5.23. The highest BCUT2D eigenvalue weighted by Crippen LogP contribution is 2.16. The van der Waals surface area contributed by atoms with Crippen LogP contribution in [-0.4, -0.2) is 25.9 Å². The molecular formula is C23H23NO2S. The van der Waals surface area contributed by atoms with Gasteiger partial charge in [0.2, 0.25) is 0 Å². The van der Waals surface area contributed by atoms with E-state index in [1.54, 1.807) is 24.3 Å². The number of rotatable bonds is 7. The van der Waals surface area contributed by atoms with Crippen LogP contribution in [-0.2, 0) is 9.84 Å². The van der Waals surface area contributed by atoms with Gasteiger partial charge in [-0.15, -0.1) is 0 Å². The molecule has 0 unspecified atom stereocenters. The van der Waals surface area contributed by atoms with E-state index in [-0.39, 0.29) is 11.8 Å².